The van der Waals surface area contributed by atoms with Gasteiger partial charge in [-0.05, 0) is 49.2 Å². The van der Waals surface area contributed by atoms with Crippen LogP contribution >= 0.6 is 0 Å². The van der Waals surface area contributed by atoms with Crippen LogP contribution in [0.15, 0.2) is 55.1 Å². The minimum Gasteiger partial charge on any atom is -0.352 e. The van der Waals surface area contributed by atoms with Crippen molar-refractivity contribution in [3.8, 4) is 11.1 Å². The summed E-state index contributed by atoms with van der Waals surface area (Å²) >= 11 is 0. The first-order valence-corrected chi connectivity index (χ1v) is 8.07. The van der Waals surface area contributed by atoms with E-state index in [1.807, 2.05) is 26.0 Å². The van der Waals surface area contributed by atoms with Crippen LogP contribution in [0, 0.1) is 5.82 Å². The lowest BCUT2D eigenvalue weighted by atomic mass is 9.99. The molecule has 2 aromatic rings. The zero-order chi connectivity index (χ0) is 18.4. The van der Waals surface area contributed by atoms with Crippen molar-refractivity contribution in [3.05, 3.63) is 72.1 Å². The summed E-state index contributed by atoms with van der Waals surface area (Å²) in [5.41, 5.74) is 2.32. The maximum Gasteiger partial charge on any atom is 0.251 e. The van der Waals surface area contributed by atoms with Crippen molar-refractivity contribution >= 4 is 11.8 Å². The molecule has 2 aromatic carbocycles. The normalized spacial score (nSPS) is 11.5. The summed E-state index contributed by atoms with van der Waals surface area (Å²) < 4.78 is 14.2. The van der Waals surface area contributed by atoms with Crippen molar-refractivity contribution in [2.24, 2.45) is 0 Å². The second-order valence-corrected chi connectivity index (χ2v) is 5.61. The van der Waals surface area contributed by atoms with E-state index in [4.69, 9.17) is 0 Å². The molecular formula is C20H21FN2O2. The number of halogens is 1. The number of carbonyl (C=O) groups is 2. The van der Waals surface area contributed by atoms with Gasteiger partial charge in [0, 0.05) is 17.7 Å². The van der Waals surface area contributed by atoms with Crippen molar-refractivity contribution in [1.82, 2.24) is 10.6 Å². The van der Waals surface area contributed by atoms with Gasteiger partial charge in [0.2, 0.25) is 5.91 Å². The zero-order valence-electron chi connectivity index (χ0n) is 14.3. The second-order valence-electron chi connectivity index (χ2n) is 5.61. The molecule has 0 fully saturated rings. The van der Waals surface area contributed by atoms with Gasteiger partial charge < -0.3 is 10.6 Å². The monoisotopic (exact) mass is 340 g/mol. The standard InChI is InChI=1S/C20H21FN2O2/c1-4-19(24)23-13(3)14-6-8-15(9-7-14)17-12-16(10-11-18(17)21)20(25)22-5-2/h4,6-13H,1,5H2,2-3H3,(H,22,25)(H,23,24)/t13-/m1/s1. The Kier molecular flexibility index (Phi) is 6.06. The molecule has 4 nitrogen and oxygen atoms in total. The molecule has 2 N–H and O–H groups in total. The van der Waals surface area contributed by atoms with Crippen LogP contribution in [0.3, 0.4) is 0 Å². The summed E-state index contributed by atoms with van der Waals surface area (Å²) in [5.74, 6) is -0.882. The highest BCUT2D eigenvalue weighted by Gasteiger charge is 2.12. The third-order valence-electron chi connectivity index (χ3n) is 3.83. The van der Waals surface area contributed by atoms with Crippen LogP contribution in [0.2, 0.25) is 0 Å². The molecule has 0 unspecified atom stereocenters. The smallest absolute Gasteiger partial charge is 0.251 e. The van der Waals surface area contributed by atoms with Gasteiger partial charge in [-0.2, -0.15) is 0 Å². The number of rotatable bonds is 6. The van der Waals surface area contributed by atoms with Gasteiger partial charge >= 0.3 is 0 Å². The van der Waals surface area contributed by atoms with Crippen LogP contribution in [0.4, 0.5) is 4.39 Å². The minimum atomic E-state index is -0.395. The molecule has 0 aromatic heterocycles. The highest BCUT2D eigenvalue weighted by atomic mass is 19.1. The molecule has 0 heterocycles. The van der Waals surface area contributed by atoms with E-state index in [0.717, 1.165) is 5.56 Å². The van der Waals surface area contributed by atoms with E-state index in [-0.39, 0.29) is 17.9 Å². The van der Waals surface area contributed by atoms with E-state index in [1.54, 1.807) is 12.1 Å². The lowest BCUT2D eigenvalue weighted by molar-refractivity contribution is -0.117. The molecule has 0 aliphatic carbocycles. The first-order chi connectivity index (χ1) is 12.0. The molecule has 130 valence electrons. The molecule has 1 atom stereocenters. The predicted molar refractivity (Wildman–Crippen MR) is 96.6 cm³/mol. The van der Waals surface area contributed by atoms with Crippen LogP contribution in [-0.2, 0) is 4.79 Å². The lowest BCUT2D eigenvalue weighted by Gasteiger charge is -2.14. The zero-order valence-corrected chi connectivity index (χ0v) is 14.3. The van der Waals surface area contributed by atoms with Gasteiger partial charge in [0.25, 0.3) is 5.91 Å². The quantitative estimate of drug-likeness (QED) is 0.789. The average molecular weight is 340 g/mol. The van der Waals surface area contributed by atoms with Crippen LogP contribution in [0.25, 0.3) is 11.1 Å². The summed E-state index contributed by atoms with van der Waals surface area (Å²) in [6.07, 6.45) is 1.22. The van der Waals surface area contributed by atoms with E-state index in [0.29, 0.717) is 23.2 Å². The van der Waals surface area contributed by atoms with Gasteiger partial charge in [-0.1, -0.05) is 30.8 Å². The van der Waals surface area contributed by atoms with Gasteiger partial charge in [0.1, 0.15) is 5.82 Å². The van der Waals surface area contributed by atoms with Gasteiger partial charge in [0.15, 0.2) is 0 Å². The van der Waals surface area contributed by atoms with Crippen LogP contribution in [0.1, 0.15) is 35.8 Å². The third kappa shape index (κ3) is 4.53. The summed E-state index contributed by atoms with van der Waals surface area (Å²) in [4.78, 5) is 23.3. The maximum atomic E-state index is 14.2. The Morgan fingerprint density at radius 3 is 2.48 bits per heavy atom. The van der Waals surface area contributed by atoms with E-state index in [2.05, 4.69) is 17.2 Å². The summed E-state index contributed by atoms with van der Waals surface area (Å²) in [7, 11) is 0. The average Bonchev–Trinajstić information content (AvgIpc) is 2.62. The minimum absolute atomic E-state index is 0.189. The van der Waals surface area contributed by atoms with Crippen LogP contribution < -0.4 is 10.6 Å². The molecule has 2 amide bonds. The van der Waals surface area contributed by atoms with Gasteiger partial charge in [0.05, 0.1) is 6.04 Å². The van der Waals surface area contributed by atoms with Gasteiger partial charge in [-0.15, -0.1) is 0 Å². The Morgan fingerprint density at radius 2 is 1.88 bits per heavy atom. The van der Waals surface area contributed by atoms with E-state index in [9.17, 15) is 14.0 Å². The van der Waals surface area contributed by atoms with Crippen molar-refractivity contribution < 1.29 is 14.0 Å². The number of benzene rings is 2. The lowest BCUT2D eigenvalue weighted by Crippen LogP contribution is -2.24. The summed E-state index contributed by atoms with van der Waals surface area (Å²) in [5, 5.41) is 5.47. The Hall–Kier alpha value is -2.95. The van der Waals surface area contributed by atoms with Crippen molar-refractivity contribution in [2.75, 3.05) is 6.54 Å². The van der Waals surface area contributed by atoms with Gasteiger partial charge in [-0.3, -0.25) is 9.59 Å². The predicted octanol–water partition coefficient (Wildman–Crippen LogP) is 3.61. The van der Waals surface area contributed by atoms with E-state index in [1.165, 1.54) is 24.3 Å². The number of carbonyl (C=O) groups excluding carboxylic acids is 2. The van der Waals surface area contributed by atoms with Crippen LogP contribution in [0.5, 0.6) is 0 Å². The SMILES string of the molecule is C=CC(=O)N[C@H](C)c1ccc(-c2cc(C(=O)NCC)ccc2F)cc1. The van der Waals surface area contributed by atoms with Crippen molar-refractivity contribution in [3.63, 3.8) is 0 Å². The summed E-state index contributed by atoms with van der Waals surface area (Å²) in [6, 6.07) is 11.3. The second kappa shape index (κ2) is 8.24. The Balaban J connectivity index is 2.27. The molecule has 0 saturated heterocycles. The molecule has 25 heavy (non-hydrogen) atoms. The molecule has 2 rings (SSSR count). The molecule has 0 saturated carbocycles. The van der Waals surface area contributed by atoms with Gasteiger partial charge in [-0.25, -0.2) is 4.39 Å². The van der Waals surface area contributed by atoms with Crippen LogP contribution in [-0.4, -0.2) is 18.4 Å². The molecular weight excluding hydrogens is 319 g/mol. The fraction of sp³-hybridized carbons (Fsp3) is 0.200. The number of nitrogens with one attached hydrogen (secondary N) is 2. The molecule has 0 bridgehead atoms. The molecule has 0 aliphatic rings. The maximum absolute atomic E-state index is 14.2. The highest BCUT2D eigenvalue weighted by Crippen LogP contribution is 2.26. The Morgan fingerprint density at radius 1 is 1.20 bits per heavy atom. The highest BCUT2D eigenvalue weighted by molar-refractivity contribution is 5.95. The third-order valence-corrected chi connectivity index (χ3v) is 3.83. The molecule has 0 aliphatic heterocycles. The Bertz CT molecular complexity index is 785. The first-order valence-electron chi connectivity index (χ1n) is 8.07. The molecule has 0 spiro atoms. The molecule has 0 radical (unpaired) electrons. The van der Waals surface area contributed by atoms with Crippen molar-refractivity contribution in [1.29, 1.82) is 0 Å². The first kappa shape index (κ1) is 18.4. The fourth-order valence-corrected chi connectivity index (χ4v) is 2.46. The number of hydrogen-bond donors (Lipinski definition) is 2. The molecule has 5 heteroatoms. The fourth-order valence-electron chi connectivity index (χ4n) is 2.46. The Labute approximate surface area is 146 Å². The van der Waals surface area contributed by atoms with Crippen molar-refractivity contribution in [2.45, 2.75) is 19.9 Å². The van der Waals surface area contributed by atoms with E-state index >= 15 is 0 Å². The number of hydrogen-bond acceptors (Lipinski definition) is 2. The number of amides is 2. The van der Waals surface area contributed by atoms with E-state index < -0.39 is 5.82 Å². The summed E-state index contributed by atoms with van der Waals surface area (Å²) in [6.45, 7) is 7.61. The largest absolute Gasteiger partial charge is 0.352 e. The topological polar surface area (TPSA) is 58.2 Å².